The molecule has 0 aromatic heterocycles. The van der Waals surface area contributed by atoms with Crippen LogP contribution in [-0.2, 0) is 4.79 Å². The molecule has 1 amide bonds. The summed E-state index contributed by atoms with van der Waals surface area (Å²) < 4.78 is 0. The van der Waals surface area contributed by atoms with Crippen molar-refractivity contribution in [1.29, 1.82) is 0 Å². The Morgan fingerprint density at radius 3 is 2.38 bits per heavy atom. The number of carbonyl (C=O) groups is 1. The second-order valence-corrected chi connectivity index (χ2v) is 3.60. The molecule has 0 aromatic rings. The Morgan fingerprint density at radius 1 is 1.23 bits per heavy atom. The molecule has 0 aliphatic heterocycles. The van der Waals surface area contributed by atoms with Gasteiger partial charge in [-0.15, -0.1) is 0 Å². The van der Waals surface area contributed by atoms with Crippen LogP contribution in [-0.4, -0.2) is 48.5 Å². The Bertz CT molecular complexity index is 144. The number of amides is 1. The highest BCUT2D eigenvalue weighted by Gasteiger charge is 2.05. The molecule has 13 heavy (non-hydrogen) atoms. The fourth-order valence-corrected chi connectivity index (χ4v) is 1.37. The van der Waals surface area contributed by atoms with E-state index in [9.17, 15) is 4.79 Å². The van der Waals surface area contributed by atoms with Crippen LogP contribution in [0.25, 0.3) is 0 Å². The third kappa shape index (κ3) is 7.22. The summed E-state index contributed by atoms with van der Waals surface area (Å²) in [5, 5.41) is 3.18. The first-order valence-corrected chi connectivity index (χ1v) is 5.66. The van der Waals surface area contributed by atoms with Gasteiger partial charge in [0.05, 0.1) is 0 Å². The van der Waals surface area contributed by atoms with Gasteiger partial charge < -0.3 is 10.2 Å². The third-order valence-electron chi connectivity index (χ3n) is 1.66. The van der Waals surface area contributed by atoms with E-state index < -0.39 is 0 Å². The summed E-state index contributed by atoms with van der Waals surface area (Å²) in [6.45, 7) is 4.77. The molecule has 0 aliphatic rings. The molecule has 5 heteroatoms. The van der Waals surface area contributed by atoms with E-state index in [4.69, 9.17) is 0 Å². The normalized spacial score (nSPS) is 10.1. The molecule has 78 valence electrons. The second-order valence-electron chi connectivity index (χ2n) is 2.70. The predicted octanol–water partition coefficient (Wildman–Crippen LogP) is 0.284. The van der Waals surface area contributed by atoms with Gasteiger partial charge in [-0.25, -0.2) is 0 Å². The van der Waals surface area contributed by atoms with Gasteiger partial charge in [0.2, 0.25) is 5.91 Å². The molecule has 0 radical (unpaired) electrons. The number of rotatable bonds is 7. The van der Waals surface area contributed by atoms with E-state index in [1.54, 1.807) is 11.8 Å². The van der Waals surface area contributed by atoms with Crippen molar-refractivity contribution in [2.75, 3.05) is 37.7 Å². The van der Waals surface area contributed by atoms with Crippen LogP contribution in [0.4, 0.5) is 0 Å². The molecule has 0 bridgehead atoms. The van der Waals surface area contributed by atoms with Crippen molar-refractivity contribution in [3.05, 3.63) is 0 Å². The summed E-state index contributed by atoms with van der Waals surface area (Å²) in [6, 6.07) is 0. The van der Waals surface area contributed by atoms with Crippen LogP contribution in [0, 0.1) is 0 Å². The van der Waals surface area contributed by atoms with Gasteiger partial charge in [0.15, 0.2) is 0 Å². The molecule has 1 N–H and O–H groups in total. The quantitative estimate of drug-likeness (QED) is 0.427. The maximum Gasteiger partial charge on any atom is 0.219 e. The minimum absolute atomic E-state index is 0.113. The minimum atomic E-state index is 0.113. The van der Waals surface area contributed by atoms with E-state index in [1.165, 1.54) is 0 Å². The van der Waals surface area contributed by atoms with Crippen LogP contribution < -0.4 is 5.32 Å². The topological polar surface area (TPSA) is 32.3 Å². The molecule has 0 saturated carbocycles. The Hall–Kier alpha value is 0.130. The molecule has 0 fully saturated rings. The number of nitrogens with one attached hydrogen (secondary N) is 1. The fraction of sp³-hybridized carbons (Fsp3) is 0.875. The molecule has 0 spiro atoms. The van der Waals surface area contributed by atoms with Crippen molar-refractivity contribution in [3.8, 4) is 0 Å². The van der Waals surface area contributed by atoms with E-state index >= 15 is 0 Å². The van der Waals surface area contributed by atoms with Gasteiger partial charge in [0.1, 0.15) is 0 Å². The van der Waals surface area contributed by atoms with Gasteiger partial charge in [-0.2, -0.15) is 25.3 Å². The van der Waals surface area contributed by atoms with Crippen molar-refractivity contribution in [3.63, 3.8) is 0 Å². The van der Waals surface area contributed by atoms with Gasteiger partial charge in [0, 0.05) is 44.6 Å². The maximum absolute atomic E-state index is 11.0. The van der Waals surface area contributed by atoms with Crippen molar-refractivity contribution in [2.24, 2.45) is 0 Å². The number of nitrogens with zero attached hydrogens (tertiary/aromatic N) is 1. The summed E-state index contributed by atoms with van der Waals surface area (Å²) in [4.78, 5) is 12.8. The van der Waals surface area contributed by atoms with E-state index in [0.717, 1.165) is 31.9 Å². The molecule has 0 rings (SSSR count). The molecule has 0 heterocycles. The monoisotopic (exact) mass is 222 g/mol. The third-order valence-corrected chi connectivity index (χ3v) is 2.09. The minimum Gasteiger partial charge on any atom is -0.341 e. The van der Waals surface area contributed by atoms with Gasteiger partial charge in [-0.1, -0.05) is 0 Å². The average molecular weight is 222 g/mol. The Morgan fingerprint density at radius 2 is 1.92 bits per heavy atom. The van der Waals surface area contributed by atoms with E-state index in [1.807, 2.05) is 0 Å². The SMILES string of the molecule is CC(=O)N(CCS)CCNCCS. The Labute approximate surface area is 91.1 Å². The Kier molecular flexibility index (Phi) is 8.80. The highest BCUT2D eigenvalue weighted by molar-refractivity contribution is 7.80. The maximum atomic E-state index is 11.0. The molecule has 0 aromatic carbocycles. The van der Waals surface area contributed by atoms with Crippen LogP contribution in [0.3, 0.4) is 0 Å². The van der Waals surface area contributed by atoms with Gasteiger partial charge in [0.25, 0.3) is 0 Å². The first kappa shape index (κ1) is 13.1. The zero-order chi connectivity index (χ0) is 10.1. The lowest BCUT2D eigenvalue weighted by Gasteiger charge is -2.19. The Balaban J connectivity index is 3.51. The van der Waals surface area contributed by atoms with Gasteiger partial charge >= 0.3 is 0 Å². The largest absolute Gasteiger partial charge is 0.341 e. The summed E-state index contributed by atoms with van der Waals surface area (Å²) in [5.41, 5.74) is 0. The highest BCUT2D eigenvalue weighted by Crippen LogP contribution is 1.89. The summed E-state index contributed by atoms with van der Waals surface area (Å²) in [7, 11) is 0. The van der Waals surface area contributed by atoms with Gasteiger partial charge in [-0.3, -0.25) is 4.79 Å². The standard InChI is InChI=1S/C8H18N2OS2/c1-8(11)10(5-7-13)4-2-9-3-6-12/h9,12-13H,2-7H2,1H3. The summed E-state index contributed by atoms with van der Waals surface area (Å²) in [5.74, 6) is 1.65. The second kappa shape index (κ2) is 8.72. The van der Waals surface area contributed by atoms with Gasteiger partial charge in [-0.05, 0) is 0 Å². The molecule has 0 unspecified atom stereocenters. The lowest BCUT2D eigenvalue weighted by molar-refractivity contribution is -0.128. The van der Waals surface area contributed by atoms with Crippen LogP contribution in [0.1, 0.15) is 6.92 Å². The lowest BCUT2D eigenvalue weighted by atomic mass is 10.4. The smallest absolute Gasteiger partial charge is 0.219 e. The fourth-order valence-electron chi connectivity index (χ4n) is 0.965. The first-order chi connectivity index (χ1) is 6.22. The van der Waals surface area contributed by atoms with E-state index in [2.05, 4.69) is 30.6 Å². The van der Waals surface area contributed by atoms with E-state index in [0.29, 0.717) is 5.75 Å². The predicted molar refractivity (Wildman–Crippen MR) is 62.8 cm³/mol. The van der Waals surface area contributed by atoms with Crippen molar-refractivity contribution >= 4 is 31.2 Å². The number of thiol groups is 2. The molecule has 3 nitrogen and oxygen atoms in total. The molecule has 0 aliphatic carbocycles. The zero-order valence-corrected chi connectivity index (χ0v) is 9.78. The van der Waals surface area contributed by atoms with Crippen molar-refractivity contribution in [1.82, 2.24) is 10.2 Å². The number of hydrogen-bond donors (Lipinski definition) is 3. The lowest BCUT2D eigenvalue weighted by Crippen LogP contribution is -2.37. The first-order valence-electron chi connectivity index (χ1n) is 4.40. The van der Waals surface area contributed by atoms with E-state index in [-0.39, 0.29) is 5.91 Å². The summed E-state index contributed by atoms with van der Waals surface area (Å²) >= 11 is 8.16. The zero-order valence-electron chi connectivity index (χ0n) is 7.99. The van der Waals surface area contributed by atoms with Crippen LogP contribution in [0.15, 0.2) is 0 Å². The van der Waals surface area contributed by atoms with Crippen molar-refractivity contribution < 1.29 is 4.79 Å². The van der Waals surface area contributed by atoms with Crippen LogP contribution in [0.2, 0.25) is 0 Å². The molecular weight excluding hydrogens is 204 g/mol. The van der Waals surface area contributed by atoms with Crippen molar-refractivity contribution in [2.45, 2.75) is 6.92 Å². The summed E-state index contributed by atoms with van der Waals surface area (Å²) in [6.07, 6.45) is 0. The average Bonchev–Trinajstić information content (AvgIpc) is 2.10. The molecule has 0 saturated heterocycles. The van der Waals surface area contributed by atoms with Crippen LogP contribution in [0.5, 0.6) is 0 Å². The molecular formula is C8H18N2OS2. The molecule has 0 atom stereocenters. The number of carbonyl (C=O) groups excluding carboxylic acids is 1. The number of hydrogen-bond acceptors (Lipinski definition) is 4. The highest BCUT2D eigenvalue weighted by atomic mass is 32.1. The van der Waals surface area contributed by atoms with Crippen LogP contribution >= 0.6 is 25.3 Å².